The molecule has 2 N–H and O–H groups in total. The number of nitrogens with zero attached hydrogens (tertiary/aromatic N) is 3. The fourth-order valence-electron chi connectivity index (χ4n) is 7.05. The normalized spacial score (nSPS) is 16.4. The van der Waals surface area contributed by atoms with Crippen molar-refractivity contribution in [3.8, 4) is 28.3 Å². The number of rotatable bonds is 7. The molecule has 9 heteroatoms. The van der Waals surface area contributed by atoms with E-state index in [1.54, 1.807) is 13.2 Å². The average molecular weight is 624 g/mol. The van der Waals surface area contributed by atoms with Crippen LogP contribution < -0.4 is 4.74 Å². The Hall–Kier alpha value is -4.21. The Morgan fingerprint density at radius 3 is 2.38 bits per heavy atom. The van der Waals surface area contributed by atoms with Crippen molar-refractivity contribution in [2.75, 3.05) is 20.2 Å². The van der Waals surface area contributed by atoms with Crippen LogP contribution in [0.3, 0.4) is 0 Å². The van der Waals surface area contributed by atoms with Gasteiger partial charge in [0.25, 0.3) is 0 Å². The minimum absolute atomic E-state index is 0.00934. The molecule has 7 rings (SSSR count). The smallest absolute Gasteiger partial charge is 0.345 e. The number of carbonyl (C=O) groups excluding carboxylic acids is 1. The van der Waals surface area contributed by atoms with Gasteiger partial charge in [0.05, 0.1) is 40.3 Å². The van der Waals surface area contributed by atoms with Gasteiger partial charge in [-0.2, -0.15) is 0 Å². The van der Waals surface area contributed by atoms with E-state index in [0.29, 0.717) is 36.7 Å². The molecule has 1 saturated carbocycles. The van der Waals surface area contributed by atoms with E-state index >= 15 is 0 Å². The van der Waals surface area contributed by atoms with Crippen LogP contribution in [0.15, 0.2) is 60.7 Å². The van der Waals surface area contributed by atoms with E-state index < -0.39 is 5.97 Å². The number of likely N-dealkylation sites (tertiary alicyclic amines) is 1. The molecule has 1 aliphatic carbocycles. The predicted molar refractivity (Wildman–Crippen MR) is 177 cm³/mol. The van der Waals surface area contributed by atoms with Crippen LogP contribution in [0.2, 0.25) is 0 Å². The quantitative estimate of drug-likeness (QED) is 0.197. The molecule has 1 amide bonds. The number of aliphatic hydroxyl groups is 1. The van der Waals surface area contributed by atoms with E-state index in [4.69, 9.17) is 9.72 Å². The molecule has 0 radical (unpaired) electrons. The maximum atomic E-state index is 13.7. The molecule has 1 aliphatic heterocycles. The number of hydrogen-bond donors (Lipinski definition) is 2. The number of aromatic nitrogens is 2. The van der Waals surface area contributed by atoms with Gasteiger partial charge in [-0.1, -0.05) is 31.4 Å². The number of benzene rings is 2. The van der Waals surface area contributed by atoms with Crippen molar-refractivity contribution >= 4 is 44.3 Å². The number of carbonyl (C=O) groups is 2. The lowest BCUT2D eigenvalue weighted by molar-refractivity contribution is -0.133. The van der Waals surface area contributed by atoms with Gasteiger partial charge < -0.3 is 24.4 Å². The van der Waals surface area contributed by atoms with Gasteiger partial charge in [0.1, 0.15) is 17.2 Å². The van der Waals surface area contributed by atoms with E-state index in [-0.39, 0.29) is 18.6 Å². The first-order valence-corrected chi connectivity index (χ1v) is 16.6. The fraction of sp³-hybridized carbons (Fsp3) is 0.361. The highest BCUT2D eigenvalue weighted by Gasteiger charge is 2.31. The van der Waals surface area contributed by atoms with E-state index in [0.717, 1.165) is 75.1 Å². The zero-order valence-electron chi connectivity index (χ0n) is 25.4. The van der Waals surface area contributed by atoms with Gasteiger partial charge >= 0.3 is 5.97 Å². The maximum absolute atomic E-state index is 13.7. The molecule has 2 aliphatic rings. The van der Waals surface area contributed by atoms with Crippen molar-refractivity contribution in [3.05, 3.63) is 71.1 Å². The number of carboxylic acid groups (broad SMARTS) is 1. The second-order valence-electron chi connectivity index (χ2n) is 12.3. The number of thiophene rings is 1. The van der Waals surface area contributed by atoms with E-state index in [1.165, 1.54) is 23.3 Å². The predicted octanol–water partition coefficient (Wildman–Crippen LogP) is 7.32. The molecule has 232 valence electrons. The third-order valence-electron chi connectivity index (χ3n) is 9.46. The standard InChI is InChI=1S/C36H37N3O5S/c1-44-27-11-7-22(8-12-27)28-13-9-24-19-25(10-14-29(24)37-28)34-33(23-5-3-2-4-6-23)35-30(20-31(45-35)36(42)43)39(34)21-32(41)38-17-15-26(40)16-18-38/h7-14,19-20,23,26,40H,2-6,15-18,21H2,1H3,(H,42,43). The van der Waals surface area contributed by atoms with Gasteiger partial charge in [-0.25, -0.2) is 9.78 Å². The minimum Gasteiger partial charge on any atom is -0.497 e. The second-order valence-corrected chi connectivity index (χ2v) is 13.3. The van der Waals surface area contributed by atoms with Crippen molar-refractivity contribution < 1.29 is 24.5 Å². The van der Waals surface area contributed by atoms with E-state index in [1.807, 2.05) is 41.3 Å². The van der Waals surface area contributed by atoms with Crippen molar-refractivity contribution in [2.24, 2.45) is 0 Å². The third-order valence-corrected chi connectivity index (χ3v) is 10.6. The Labute approximate surface area is 265 Å². The van der Waals surface area contributed by atoms with Crippen LogP contribution in [-0.4, -0.2) is 62.8 Å². The molecule has 3 aromatic heterocycles. The number of hydrogen-bond acceptors (Lipinski definition) is 6. The molecule has 4 heterocycles. The molecular weight excluding hydrogens is 586 g/mol. The van der Waals surface area contributed by atoms with Crippen LogP contribution >= 0.6 is 11.3 Å². The lowest BCUT2D eigenvalue weighted by Crippen LogP contribution is -2.41. The van der Waals surface area contributed by atoms with Crippen LogP contribution in [0.4, 0.5) is 0 Å². The first-order chi connectivity index (χ1) is 21.9. The molecular formula is C36H37N3O5S. The van der Waals surface area contributed by atoms with Gasteiger partial charge in [0, 0.05) is 24.0 Å². The number of ether oxygens (including phenoxy) is 1. The van der Waals surface area contributed by atoms with Crippen LogP contribution in [0.25, 0.3) is 43.6 Å². The van der Waals surface area contributed by atoms with E-state index in [9.17, 15) is 19.8 Å². The summed E-state index contributed by atoms with van der Waals surface area (Å²) in [6.45, 7) is 1.17. The van der Waals surface area contributed by atoms with Crippen LogP contribution in [0.5, 0.6) is 5.75 Å². The SMILES string of the molecule is COc1ccc(-c2ccc3cc(-c4c(C5CCCCC5)c5sc(C(=O)O)cc5n4CC(=O)N4CCC(O)CC4)ccc3n2)cc1. The zero-order chi connectivity index (χ0) is 31.1. The van der Waals surface area contributed by atoms with Gasteiger partial charge in [0.2, 0.25) is 5.91 Å². The van der Waals surface area contributed by atoms with Gasteiger partial charge in [0.15, 0.2) is 0 Å². The second kappa shape index (κ2) is 12.3. The molecule has 0 bridgehead atoms. The lowest BCUT2D eigenvalue weighted by Gasteiger charge is -2.30. The van der Waals surface area contributed by atoms with Gasteiger partial charge in [-0.05, 0) is 91.3 Å². The lowest BCUT2D eigenvalue weighted by atomic mass is 9.83. The molecule has 2 aromatic carbocycles. The van der Waals surface area contributed by atoms with Crippen LogP contribution in [-0.2, 0) is 11.3 Å². The summed E-state index contributed by atoms with van der Waals surface area (Å²) in [5.41, 5.74) is 6.76. The summed E-state index contributed by atoms with van der Waals surface area (Å²) in [4.78, 5) is 32.9. The molecule has 8 nitrogen and oxygen atoms in total. The maximum Gasteiger partial charge on any atom is 0.345 e. The van der Waals surface area contributed by atoms with Gasteiger partial charge in [-0.3, -0.25) is 4.79 Å². The molecule has 45 heavy (non-hydrogen) atoms. The monoisotopic (exact) mass is 623 g/mol. The number of amides is 1. The van der Waals surface area contributed by atoms with Crippen molar-refractivity contribution in [1.29, 1.82) is 0 Å². The summed E-state index contributed by atoms with van der Waals surface area (Å²) in [6, 6.07) is 20.0. The van der Waals surface area contributed by atoms with E-state index in [2.05, 4.69) is 22.8 Å². The highest BCUT2D eigenvalue weighted by molar-refractivity contribution is 7.21. The molecule has 5 aromatic rings. The number of aromatic carboxylic acids is 1. The largest absolute Gasteiger partial charge is 0.497 e. The first kappa shape index (κ1) is 29.5. The Kier molecular flexibility index (Phi) is 8.06. The Morgan fingerprint density at radius 1 is 0.933 bits per heavy atom. The average Bonchev–Trinajstić information content (AvgIpc) is 3.63. The summed E-state index contributed by atoms with van der Waals surface area (Å²) in [6.07, 6.45) is 6.35. The Balaban J connectivity index is 1.35. The van der Waals surface area contributed by atoms with Crippen molar-refractivity contribution in [2.45, 2.75) is 63.5 Å². The van der Waals surface area contributed by atoms with Crippen LogP contribution in [0.1, 0.15) is 66.1 Å². The number of pyridine rings is 1. The Bertz CT molecular complexity index is 1880. The number of methoxy groups -OCH3 is 1. The van der Waals surface area contributed by atoms with Crippen LogP contribution in [0, 0.1) is 0 Å². The van der Waals surface area contributed by atoms with Crippen molar-refractivity contribution in [1.82, 2.24) is 14.5 Å². The summed E-state index contributed by atoms with van der Waals surface area (Å²) in [7, 11) is 1.65. The first-order valence-electron chi connectivity index (χ1n) is 15.8. The molecule has 0 unspecified atom stereocenters. The highest BCUT2D eigenvalue weighted by atomic mass is 32.1. The molecule has 2 fully saturated rings. The third kappa shape index (κ3) is 5.71. The summed E-state index contributed by atoms with van der Waals surface area (Å²) >= 11 is 1.32. The van der Waals surface area contributed by atoms with Crippen molar-refractivity contribution in [3.63, 3.8) is 0 Å². The minimum atomic E-state index is -0.945. The number of aliphatic hydroxyl groups excluding tert-OH is 1. The number of carboxylic acids is 1. The zero-order valence-corrected chi connectivity index (χ0v) is 26.2. The Morgan fingerprint density at radius 2 is 1.67 bits per heavy atom. The fourth-order valence-corrected chi connectivity index (χ4v) is 8.17. The summed E-state index contributed by atoms with van der Waals surface area (Å²) < 4.78 is 8.35. The summed E-state index contributed by atoms with van der Waals surface area (Å²) in [5.74, 6) is 0.140. The topological polar surface area (TPSA) is 105 Å². The molecule has 0 atom stereocenters. The summed E-state index contributed by atoms with van der Waals surface area (Å²) in [5, 5.41) is 20.9. The highest BCUT2D eigenvalue weighted by Crippen LogP contribution is 2.47. The molecule has 1 saturated heterocycles. The number of piperidine rings is 1. The number of fused-ring (bicyclic) bond motifs is 2. The molecule has 0 spiro atoms. The van der Waals surface area contributed by atoms with Gasteiger partial charge in [-0.15, -0.1) is 11.3 Å².